The maximum absolute atomic E-state index is 12.8. The molecule has 130 valence electrons. The van der Waals surface area contributed by atoms with Gasteiger partial charge in [-0.15, -0.1) is 0 Å². The third-order valence-electron chi connectivity index (χ3n) is 4.47. The molecule has 6 nitrogen and oxygen atoms in total. The summed E-state index contributed by atoms with van der Waals surface area (Å²) < 4.78 is 0. The van der Waals surface area contributed by atoms with E-state index in [9.17, 15) is 4.79 Å². The van der Waals surface area contributed by atoms with Crippen LogP contribution >= 0.6 is 0 Å². The number of fused-ring (bicyclic) bond motifs is 1. The molecule has 1 aliphatic heterocycles. The first-order chi connectivity index (χ1) is 12.8. The van der Waals surface area contributed by atoms with E-state index in [1.807, 2.05) is 29.2 Å². The van der Waals surface area contributed by atoms with Crippen molar-refractivity contribution in [1.29, 1.82) is 0 Å². The van der Waals surface area contributed by atoms with Crippen LogP contribution in [0.1, 0.15) is 27.2 Å². The first-order valence-corrected chi connectivity index (χ1v) is 8.61. The molecule has 0 saturated heterocycles. The van der Waals surface area contributed by atoms with Gasteiger partial charge in [0, 0.05) is 38.2 Å². The molecule has 0 unspecified atom stereocenters. The van der Waals surface area contributed by atoms with Crippen molar-refractivity contribution in [2.45, 2.75) is 19.5 Å². The summed E-state index contributed by atoms with van der Waals surface area (Å²) in [7, 11) is 0. The van der Waals surface area contributed by atoms with Crippen molar-refractivity contribution in [1.82, 2.24) is 19.9 Å². The molecule has 6 heteroatoms. The first kappa shape index (κ1) is 16.2. The highest BCUT2D eigenvalue weighted by molar-refractivity contribution is 5.92. The van der Waals surface area contributed by atoms with Crippen LogP contribution in [0.3, 0.4) is 0 Å². The summed E-state index contributed by atoms with van der Waals surface area (Å²) in [6, 6.07) is 13.8. The maximum atomic E-state index is 12.8. The molecule has 0 saturated carbocycles. The van der Waals surface area contributed by atoms with Gasteiger partial charge >= 0.3 is 0 Å². The predicted molar refractivity (Wildman–Crippen MR) is 98.5 cm³/mol. The van der Waals surface area contributed by atoms with Crippen LogP contribution in [0, 0.1) is 0 Å². The average molecular weight is 345 g/mol. The fraction of sp³-hybridized carbons (Fsp3) is 0.200. The van der Waals surface area contributed by atoms with Gasteiger partial charge in [0.2, 0.25) is 5.95 Å². The molecule has 1 amide bonds. The van der Waals surface area contributed by atoms with Crippen molar-refractivity contribution < 1.29 is 4.79 Å². The van der Waals surface area contributed by atoms with Crippen LogP contribution in [0.5, 0.6) is 0 Å². The van der Waals surface area contributed by atoms with Gasteiger partial charge in [-0.2, -0.15) is 0 Å². The topological polar surface area (TPSA) is 71.0 Å². The van der Waals surface area contributed by atoms with E-state index in [2.05, 4.69) is 32.4 Å². The maximum Gasteiger partial charge on any atom is 0.272 e. The Bertz CT molecular complexity index is 913. The molecule has 4 rings (SSSR count). The number of aromatic nitrogens is 3. The summed E-state index contributed by atoms with van der Waals surface area (Å²) in [6.45, 7) is 1.89. The zero-order valence-corrected chi connectivity index (χ0v) is 14.3. The molecule has 3 heterocycles. The summed E-state index contributed by atoms with van der Waals surface area (Å²) in [4.78, 5) is 27.3. The number of carbonyl (C=O) groups is 1. The molecule has 0 fully saturated rings. The molecule has 3 aromatic rings. The van der Waals surface area contributed by atoms with E-state index in [0.29, 0.717) is 31.3 Å². The normalized spacial score (nSPS) is 13.2. The molecule has 0 bridgehead atoms. The van der Waals surface area contributed by atoms with Crippen LogP contribution in [-0.2, 0) is 19.5 Å². The molecule has 1 aromatic carbocycles. The standard InChI is InChI=1S/C20H19N5O/c26-19(25-11-8-16-5-1-2-6-17(16)14-25)18-7-10-22-20(24-18)23-13-15-4-3-9-21-12-15/h1-7,9-10,12H,8,11,13-14H2,(H,22,23,24). The number of amides is 1. The van der Waals surface area contributed by atoms with Gasteiger partial charge < -0.3 is 10.2 Å². The average Bonchev–Trinajstić information content (AvgIpc) is 2.72. The van der Waals surface area contributed by atoms with Crippen molar-refractivity contribution >= 4 is 11.9 Å². The van der Waals surface area contributed by atoms with E-state index in [1.54, 1.807) is 24.7 Å². The van der Waals surface area contributed by atoms with Crippen molar-refractivity contribution in [2.75, 3.05) is 11.9 Å². The van der Waals surface area contributed by atoms with Crippen LogP contribution < -0.4 is 5.32 Å². The lowest BCUT2D eigenvalue weighted by Gasteiger charge is -2.28. The molecule has 0 spiro atoms. The Labute approximate surface area is 151 Å². The van der Waals surface area contributed by atoms with Crippen LogP contribution in [0.25, 0.3) is 0 Å². The molecular formula is C20H19N5O. The smallest absolute Gasteiger partial charge is 0.272 e. The largest absolute Gasteiger partial charge is 0.350 e. The number of nitrogens with one attached hydrogen (secondary N) is 1. The number of hydrogen-bond acceptors (Lipinski definition) is 5. The van der Waals surface area contributed by atoms with E-state index in [1.165, 1.54) is 11.1 Å². The highest BCUT2D eigenvalue weighted by Gasteiger charge is 2.22. The Morgan fingerprint density at radius 2 is 1.96 bits per heavy atom. The molecule has 26 heavy (non-hydrogen) atoms. The Hall–Kier alpha value is -3.28. The van der Waals surface area contributed by atoms with Gasteiger partial charge in [0.1, 0.15) is 5.69 Å². The Morgan fingerprint density at radius 1 is 1.08 bits per heavy atom. The molecule has 0 radical (unpaired) electrons. The monoisotopic (exact) mass is 345 g/mol. The van der Waals surface area contributed by atoms with E-state index in [0.717, 1.165) is 12.0 Å². The number of anilines is 1. The Morgan fingerprint density at radius 3 is 2.81 bits per heavy atom. The SMILES string of the molecule is O=C(c1ccnc(NCc2cccnc2)n1)N1CCc2ccccc2C1. The minimum Gasteiger partial charge on any atom is -0.350 e. The second-order valence-electron chi connectivity index (χ2n) is 6.23. The van der Waals surface area contributed by atoms with Gasteiger partial charge in [-0.1, -0.05) is 30.3 Å². The summed E-state index contributed by atoms with van der Waals surface area (Å²) in [5.74, 6) is 0.378. The minimum atomic E-state index is -0.0636. The van der Waals surface area contributed by atoms with Gasteiger partial charge in [0.05, 0.1) is 0 Å². The lowest BCUT2D eigenvalue weighted by Crippen LogP contribution is -2.36. The van der Waals surface area contributed by atoms with Gasteiger partial charge in [0.25, 0.3) is 5.91 Å². The highest BCUT2D eigenvalue weighted by atomic mass is 16.2. The molecule has 0 aliphatic carbocycles. The van der Waals surface area contributed by atoms with Crippen molar-refractivity contribution in [3.63, 3.8) is 0 Å². The van der Waals surface area contributed by atoms with Crippen molar-refractivity contribution in [3.05, 3.63) is 83.4 Å². The van der Waals surface area contributed by atoms with E-state index in [4.69, 9.17) is 0 Å². The van der Waals surface area contributed by atoms with Crippen LogP contribution in [-0.4, -0.2) is 32.3 Å². The van der Waals surface area contributed by atoms with Gasteiger partial charge in [-0.05, 0) is 35.2 Å². The number of nitrogens with zero attached hydrogens (tertiary/aromatic N) is 4. The second-order valence-corrected chi connectivity index (χ2v) is 6.23. The summed E-state index contributed by atoms with van der Waals surface area (Å²) in [5, 5.41) is 3.14. The molecule has 1 N–H and O–H groups in total. The summed E-state index contributed by atoms with van der Waals surface area (Å²) in [6.07, 6.45) is 6.01. The van der Waals surface area contributed by atoms with E-state index in [-0.39, 0.29) is 5.91 Å². The Kier molecular flexibility index (Phi) is 4.55. The quantitative estimate of drug-likeness (QED) is 0.787. The van der Waals surface area contributed by atoms with Crippen LogP contribution in [0.4, 0.5) is 5.95 Å². The van der Waals surface area contributed by atoms with E-state index < -0.39 is 0 Å². The molecule has 2 aromatic heterocycles. The second kappa shape index (κ2) is 7.31. The van der Waals surface area contributed by atoms with Crippen molar-refractivity contribution in [2.24, 2.45) is 0 Å². The number of carbonyl (C=O) groups excluding carboxylic acids is 1. The van der Waals surface area contributed by atoms with Crippen LogP contribution in [0.2, 0.25) is 0 Å². The van der Waals surface area contributed by atoms with Gasteiger partial charge in [0.15, 0.2) is 0 Å². The Balaban J connectivity index is 1.45. The lowest BCUT2D eigenvalue weighted by molar-refractivity contribution is 0.0728. The number of pyridine rings is 1. The number of hydrogen-bond donors (Lipinski definition) is 1. The highest BCUT2D eigenvalue weighted by Crippen LogP contribution is 2.20. The van der Waals surface area contributed by atoms with Gasteiger partial charge in [-0.3, -0.25) is 9.78 Å². The first-order valence-electron chi connectivity index (χ1n) is 8.61. The summed E-state index contributed by atoms with van der Waals surface area (Å²) in [5.41, 5.74) is 3.96. The molecule has 0 atom stereocenters. The minimum absolute atomic E-state index is 0.0636. The molecule has 1 aliphatic rings. The number of rotatable bonds is 4. The zero-order valence-electron chi connectivity index (χ0n) is 14.3. The van der Waals surface area contributed by atoms with Crippen molar-refractivity contribution in [3.8, 4) is 0 Å². The predicted octanol–water partition coefficient (Wildman–Crippen LogP) is 2.68. The third-order valence-corrected chi connectivity index (χ3v) is 4.47. The van der Waals surface area contributed by atoms with E-state index >= 15 is 0 Å². The number of benzene rings is 1. The van der Waals surface area contributed by atoms with Crippen LogP contribution in [0.15, 0.2) is 61.1 Å². The fourth-order valence-corrected chi connectivity index (χ4v) is 3.08. The fourth-order valence-electron chi connectivity index (χ4n) is 3.08. The van der Waals surface area contributed by atoms with Gasteiger partial charge in [-0.25, -0.2) is 9.97 Å². The zero-order chi connectivity index (χ0) is 17.8. The third kappa shape index (κ3) is 3.54. The molecular weight excluding hydrogens is 326 g/mol. The lowest BCUT2D eigenvalue weighted by atomic mass is 10.00. The summed E-state index contributed by atoms with van der Waals surface area (Å²) >= 11 is 0.